The van der Waals surface area contributed by atoms with Crippen LogP contribution >= 0.6 is 0 Å². The van der Waals surface area contributed by atoms with Gasteiger partial charge in [0.15, 0.2) is 11.5 Å². The van der Waals surface area contributed by atoms with Crippen LogP contribution < -0.4 is 19.5 Å². The van der Waals surface area contributed by atoms with E-state index >= 15 is 0 Å². The number of hydrogen-bond donors (Lipinski definition) is 1. The number of methoxy groups -OCH3 is 1. The molecule has 5 nitrogen and oxygen atoms in total. The van der Waals surface area contributed by atoms with E-state index in [1.165, 1.54) is 31.4 Å². The Balaban J connectivity index is 2.00. The first kappa shape index (κ1) is 21.1. The van der Waals surface area contributed by atoms with Crippen molar-refractivity contribution in [1.82, 2.24) is 5.32 Å². The highest BCUT2D eigenvalue weighted by molar-refractivity contribution is 5.92. The standard InChI is InChI=1S/C20H20F3NO4/c1-3-27-17-10-8-14(12-18(17)26-2)13-24-19(25)11-9-15-6-4-5-7-16(15)28-20(21,22)23/h4-12H,3,13H2,1-2H3,(H,24,25). The van der Waals surface area contributed by atoms with E-state index in [0.717, 1.165) is 11.6 Å². The van der Waals surface area contributed by atoms with Crippen molar-refractivity contribution >= 4 is 12.0 Å². The maximum atomic E-state index is 12.4. The number of benzene rings is 2. The zero-order valence-corrected chi connectivity index (χ0v) is 15.4. The number of carbonyl (C=O) groups excluding carboxylic acids is 1. The summed E-state index contributed by atoms with van der Waals surface area (Å²) in [5.74, 6) is 0.300. The summed E-state index contributed by atoms with van der Waals surface area (Å²) < 4.78 is 51.9. The molecule has 0 aromatic heterocycles. The molecular weight excluding hydrogens is 375 g/mol. The monoisotopic (exact) mass is 395 g/mol. The van der Waals surface area contributed by atoms with Gasteiger partial charge in [-0.1, -0.05) is 24.3 Å². The Bertz CT molecular complexity index is 834. The van der Waals surface area contributed by atoms with E-state index in [2.05, 4.69) is 10.1 Å². The maximum absolute atomic E-state index is 12.4. The van der Waals surface area contributed by atoms with Crippen LogP contribution in [0.4, 0.5) is 13.2 Å². The number of nitrogens with one attached hydrogen (secondary N) is 1. The molecule has 0 saturated carbocycles. The van der Waals surface area contributed by atoms with Gasteiger partial charge < -0.3 is 19.5 Å². The number of carbonyl (C=O) groups is 1. The SMILES string of the molecule is CCOc1ccc(CNC(=O)C=Cc2ccccc2OC(F)(F)F)cc1OC. The van der Waals surface area contributed by atoms with Gasteiger partial charge in [0.2, 0.25) is 5.91 Å². The highest BCUT2D eigenvalue weighted by Gasteiger charge is 2.31. The second-order valence-electron chi connectivity index (χ2n) is 5.55. The minimum absolute atomic E-state index is 0.137. The zero-order chi connectivity index (χ0) is 20.6. The van der Waals surface area contributed by atoms with Crippen molar-refractivity contribution in [2.24, 2.45) is 0 Å². The number of amides is 1. The predicted octanol–water partition coefficient (Wildman–Crippen LogP) is 4.32. The molecule has 0 radical (unpaired) electrons. The summed E-state index contributed by atoms with van der Waals surface area (Å²) >= 11 is 0. The quantitative estimate of drug-likeness (QED) is 0.677. The minimum Gasteiger partial charge on any atom is -0.493 e. The predicted molar refractivity (Wildman–Crippen MR) is 98.2 cm³/mol. The molecule has 0 heterocycles. The molecule has 0 saturated heterocycles. The average molecular weight is 395 g/mol. The molecule has 0 bridgehead atoms. The molecule has 0 aliphatic carbocycles. The average Bonchev–Trinajstić information content (AvgIpc) is 2.65. The molecule has 150 valence electrons. The normalized spacial score (nSPS) is 11.3. The number of hydrogen-bond acceptors (Lipinski definition) is 4. The Kier molecular flexibility index (Phi) is 7.31. The van der Waals surface area contributed by atoms with Crippen LogP contribution in [0.3, 0.4) is 0 Å². The second kappa shape index (κ2) is 9.68. The van der Waals surface area contributed by atoms with E-state index in [-0.39, 0.29) is 17.9 Å². The van der Waals surface area contributed by atoms with Gasteiger partial charge in [-0.05, 0) is 36.8 Å². The van der Waals surface area contributed by atoms with Gasteiger partial charge in [-0.15, -0.1) is 13.2 Å². The molecule has 1 amide bonds. The van der Waals surface area contributed by atoms with Crippen LogP contribution in [-0.4, -0.2) is 26.0 Å². The summed E-state index contributed by atoms with van der Waals surface area (Å²) in [6, 6.07) is 10.8. The van der Waals surface area contributed by atoms with Crippen LogP contribution in [0, 0.1) is 0 Å². The van der Waals surface area contributed by atoms with Crippen molar-refractivity contribution in [3.8, 4) is 17.2 Å². The molecule has 28 heavy (non-hydrogen) atoms. The van der Waals surface area contributed by atoms with Crippen molar-refractivity contribution in [1.29, 1.82) is 0 Å². The third kappa shape index (κ3) is 6.53. The van der Waals surface area contributed by atoms with E-state index in [0.29, 0.717) is 18.1 Å². The summed E-state index contributed by atoms with van der Waals surface area (Å²) in [6.45, 7) is 2.57. The van der Waals surface area contributed by atoms with Gasteiger partial charge in [-0.25, -0.2) is 0 Å². The van der Waals surface area contributed by atoms with Gasteiger partial charge in [-0.3, -0.25) is 4.79 Å². The lowest BCUT2D eigenvalue weighted by Crippen LogP contribution is -2.20. The van der Waals surface area contributed by atoms with E-state index in [9.17, 15) is 18.0 Å². The molecule has 8 heteroatoms. The highest BCUT2D eigenvalue weighted by atomic mass is 19.4. The molecule has 0 aliphatic rings. The molecule has 0 unspecified atom stereocenters. The molecule has 2 rings (SSSR count). The summed E-state index contributed by atoms with van der Waals surface area (Å²) in [4.78, 5) is 12.0. The molecule has 2 aromatic rings. The van der Waals surface area contributed by atoms with Gasteiger partial charge >= 0.3 is 6.36 Å². The van der Waals surface area contributed by atoms with Gasteiger partial charge in [0.1, 0.15) is 5.75 Å². The maximum Gasteiger partial charge on any atom is 0.573 e. The Hall–Kier alpha value is -3.16. The lowest BCUT2D eigenvalue weighted by atomic mass is 10.2. The smallest absolute Gasteiger partial charge is 0.493 e. The van der Waals surface area contributed by atoms with Crippen LogP contribution in [0.15, 0.2) is 48.5 Å². The number of halogens is 3. The molecule has 0 atom stereocenters. The van der Waals surface area contributed by atoms with E-state index < -0.39 is 12.3 Å². The van der Waals surface area contributed by atoms with Crippen molar-refractivity contribution in [2.45, 2.75) is 19.8 Å². The Labute approximate surface area is 160 Å². The highest BCUT2D eigenvalue weighted by Crippen LogP contribution is 2.28. The fourth-order valence-corrected chi connectivity index (χ4v) is 2.35. The Morgan fingerprint density at radius 2 is 1.86 bits per heavy atom. The number of alkyl halides is 3. The molecular formula is C20H20F3NO4. The first-order valence-corrected chi connectivity index (χ1v) is 8.42. The van der Waals surface area contributed by atoms with Crippen LogP contribution in [0.25, 0.3) is 6.08 Å². The fourth-order valence-electron chi connectivity index (χ4n) is 2.35. The first-order valence-electron chi connectivity index (χ1n) is 8.42. The zero-order valence-electron chi connectivity index (χ0n) is 15.4. The largest absolute Gasteiger partial charge is 0.573 e. The Morgan fingerprint density at radius 3 is 2.54 bits per heavy atom. The van der Waals surface area contributed by atoms with Gasteiger partial charge in [0, 0.05) is 18.2 Å². The van der Waals surface area contributed by atoms with Crippen molar-refractivity contribution in [3.05, 3.63) is 59.7 Å². The molecule has 2 aromatic carbocycles. The van der Waals surface area contributed by atoms with E-state index in [4.69, 9.17) is 9.47 Å². The summed E-state index contributed by atoms with van der Waals surface area (Å²) in [5.41, 5.74) is 0.917. The topological polar surface area (TPSA) is 56.8 Å². The molecule has 1 N–H and O–H groups in total. The summed E-state index contributed by atoms with van der Waals surface area (Å²) in [5, 5.41) is 2.65. The van der Waals surface area contributed by atoms with Crippen LogP contribution in [0.2, 0.25) is 0 Å². The van der Waals surface area contributed by atoms with Crippen LogP contribution in [0.5, 0.6) is 17.2 Å². The van der Waals surface area contributed by atoms with Crippen LogP contribution in [-0.2, 0) is 11.3 Å². The van der Waals surface area contributed by atoms with Crippen molar-refractivity contribution < 1.29 is 32.2 Å². The van der Waals surface area contributed by atoms with Gasteiger partial charge in [-0.2, -0.15) is 0 Å². The molecule has 0 spiro atoms. The fraction of sp³-hybridized carbons (Fsp3) is 0.250. The van der Waals surface area contributed by atoms with Gasteiger partial charge in [0.25, 0.3) is 0 Å². The third-order valence-electron chi connectivity index (χ3n) is 3.55. The second-order valence-corrected chi connectivity index (χ2v) is 5.55. The summed E-state index contributed by atoms with van der Waals surface area (Å²) in [6.07, 6.45) is -2.40. The Morgan fingerprint density at radius 1 is 1.11 bits per heavy atom. The van der Waals surface area contributed by atoms with Crippen LogP contribution in [0.1, 0.15) is 18.1 Å². The number of ether oxygens (including phenoxy) is 3. The lowest BCUT2D eigenvalue weighted by molar-refractivity contribution is -0.274. The number of para-hydroxylation sites is 1. The summed E-state index contributed by atoms with van der Waals surface area (Å²) in [7, 11) is 1.52. The number of rotatable bonds is 8. The van der Waals surface area contributed by atoms with E-state index in [1.54, 1.807) is 24.3 Å². The third-order valence-corrected chi connectivity index (χ3v) is 3.55. The minimum atomic E-state index is -4.81. The lowest BCUT2D eigenvalue weighted by Gasteiger charge is -2.11. The van der Waals surface area contributed by atoms with Crippen molar-refractivity contribution in [3.63, 3.8) is 0 Å². The molecule has 0 aliphatic heterocycles. The van der Waals surface area contributed by atoms with E-state index in [1.807, 2.05) is 6.92 Å². The van der Waals surface area contributed by atoms with Gasteiger partial charge in [0.05, 0.1) is 13.7 Å². The molecule has 0 fully saturated rings. The van der Waals surface area contributed by atoms with Crippen molar-refractivity contribution in [2.75, 3.05) is 13.7 Å². The first-order chi connectivity index (χ1) is 13.3.